The van der Waals surface area contributed by atoms with Crippen LogP contribution in [0.3, 0.4) is 0 Å². The molecule has 3 rings (SSSR count). The van der Waals surface area contributed by atoms with Crippen molar-refractivity contribution in [2.45, 2.75) is 19.4 Å². The number of aromatic nitrogens is 2. The fraction of sp³-hybridized carbons (Fsp3) is 0.250. The maximum atomic E-state index is 10.9. The van der Waals surface area contributed by atoms with Crippen molar-refractivity contribution in [3.8, 4) is 10.9 Å². The number of hydrogen-bond donors (Lipinski definition) is 2. The smallest absolute Gasteiger partial charge is 0.481 e. The lowest BCUT2D eigenvalue weighted by Gasteiger charge is -2.12. The van der Waals surface area contributed by atoms with E-state index in [-0.39, 0.29) is 6.42 Å². The average Bonchev–Trinajstić information content (AvgIpc) is 2.98. The van der Waals surface area contributed by atoms with Crippen LogP contribution >= 0.6 is 11.3 Å². The van der Waals surface area contributed by atoms with Crippen LogP contribution in [0.4, 0.5) is 0 Å². The summed E-state index contributed by atoms with van der Waals surface area (Å²) in [5, 5.41) is 26.7. The molecule has 1 unspecified atom stereocenters. The molecule has 1 aliphatic heterocycles. The van der Waals surface area contributed by atoms with Crippen molar-refractivity contribution >= 4 is 29.9 Å². The van der Waals surface area contributed by atoms with Gasteiger partial charge in [0, 0.05) is 0 Å². The number of fused-ring (bicyclic) bond motifs is 1. The molecule has 0 saturated carbocycles. The molecule has 0 bridgehead atoms. The fourth-order valence-electron chi connectivity index (χ4n) is 2.41. The maximum absolute atomic E-state index is 10.9. The van der Waals surface area contributed by atoms with Crippen LogP contribution in [0, 0.1) is 6.92 Å². The number of ether oxygens (including phenoxy) is 1. The van der Waals surface area contributed by atoms with Gasteiger partial charge in [0.2, 0.25) is 0 Å². The number of benzene rings is 1. The van der Waals surface area contributed by atoms with Gasteiger partial charge < -0.3 is 19.5 Å². The van der Waals surface area contributed by atoms with Crippen molar-refractivity contribution in [3.63, 3.8) is 0 Å². The molecule has 0 saturated heterocycles. The van der Waals surface area contributed by atoms with Crippen LogP contribution in [0.2, 0.25) is 0 Å². The monoisotopic (exact) mass is 306 g/mol. The Morgan fingerprint density at radius 1 is 1.57 bits per heavy atom. The minimum Gasteiger partial charge on any atom is -0.481 e. The number of carboxylic acids is 1. The second kappa shape index (κ2) is 5.43. The van der Waals surface area contributed by atoms with Gasteiger partial charge in [-0.15, -0.1) is 5.10 Å². The fourth-order valence-corrected chi connectivity index (χ4v) is 2.83. The summed E-state index contributed by atoms with van der Waals surface area (Å²) >= 11 is 1.25. The maximum Gasteiger partial charge on any atom is 0.492 e. The second-order valence-corrected chi connectivity index (χ2v) is 5.42. The van der Waals surface area contributed by atoms with E-state index in [4.69, 9.17) is 14.5 Å². The molecule has 1 aliphatic rings. The number of aryl methyl sites for hydroxylation is 1. The zero-order valence-corrected chi connectivity index (χ0v) is 11.8. The molecule has 0 aliphatic carbocycles. The Morgan fingerprint density at radius 3 is 3.05 bits per heavy atom. The van der Waals surface area contributed by atoms with Crippen LogP contribution in [0.1, 0.15) is 23.7 Å². The third kappa shape index (κ3) is 2.75. The van der Waals surface area contributed by atoms with Crippen LogP contribution in [0.5, 0.6) is 10.9 Å². The second-order valence-electron chi connectivity index (χ2n) is 4.62. The Kier molecular flexibility index (Phi) is 3.62. The van der Waals surface area contributed by atoms with Gasteiger partial charge in [0.1, 0.15) is 11.3 Å². The topological polar surface area (TPSA) is 102 Å². The van der Waals surface area contributed by atoms with Gasteiger partial charge in [-0.2, -0.15) is 0 Å². The highest BCUT2D eigenvalue weighted by Gasteiger charge is 2.37. The summed E-state index contributed by atoms with van der Waals surface area (Å²) in [7, 11) is -1.15. The Morgan fingerprint density at radius 2 is 2.38 bits per heavy atom. The normalized spacial score (nSPS) is 16.9. The van der Waals surface area contributed by atoms with Crippen molar-refractivity contribution < 1.29 is 24.3 Å². The van der Waals surface area contributed by atoms with Crippen LogP contribution < -0.4 is 10.2 Å². The highest BCUT2D eigenvalue weighted by Crippen LogP contribution is 2.33. The summed E-state index contributed by atoms with van der Waals surface area (Å²) in [6.45, 7) is 1.82. The molecule has 0 fully saturated rings. The number of carbonyl (C=O) groups is 1. The summed E-state index contributed by atoms with van der Waals surface area (Å²) < 4.78 is 10.9. The number of rotatable bonds is 4. The summed E-state index contributed by atoms with van der Waals surface area (Å²) in [6.07, 6.45) is -0.843. The quantitative estimate of drug-likeness (QED) is 0.808. The highest BCUT2D eigenvalue weighted by molar-refractivity contribution is 7.11. The van der Waals surface area contributed by atoms with Gasteiger partial charge in [-0.3, -0.25) is 4.79 Å². The van der Waals surface area contributed by atoms with Crippen molar-refractivity contribution in [2.75, 3.05) is 0 Å². The first kappa shape index (κ1) is 14.0. The summed E-state index contributed by atoms with van der Waals surface area (Å²) in [4.78, 5) is 10.9. The van der Waals surface area contributed by atoms with E-state index in [2.05, 4.69) is 10.2 Å². The molecule has 0 amide bonds. The molecule has 0 radical (unpaired) electrons. The zero-order chi connectivity index (χ0) is 15.0. The zero-order valence-electron chi connectivity index (χ0n) is 11.0. The number of carboxylic acid groups (broad SMARTS) is 1. The Hall–Kier alpha value is -1.97. The molecule has 9 heteroatoms. The third-order valence-corrected chi connectivity index (χ3v) is 3.75. The standard InChI is InChI=1S/C12H11BN2O5S/c1-6-2-7(19-12-15-14-5-21-12)3-8-11(6)9(4-10(16)17)20-13(8)18/h2-3,5,9,18H,4H2,1H3,(H,16,17). The van der Waals surface area contributed by atoms with Gasteiger partial charge in [0.25, 0.3) is 5.19 Å². The minimum atomic E-state index is -1.15. The molecule has 2 heterocycles. The summed E-state index contributed by atoms with van der Waals surface area (Å²) in [5.41, 5.74) is 3.58. The van der Waals surface area contributed by atoms with Crippen LogP contribution in [0.25, 0.3) is 0 Å². The Labute approximate surface area is 124 Å². The van der Waals surface area contributed by atoms with E-state index in [0.717, 1.165) is 5.56 Å². The third-order valence-electron chi connectivity index (χ3n) is 3.18. The Bertz CT molecular complexity index is 679. The number of aliphatic carboxylic acids is 1. The molecular weight excluding hydrogens is 295 g/mol. The largest absolute Gasteiger partial charge is 0.492 e. The van der Waals surface area contributed by atoms with Crippen molar-refractivity contribution in [1.29, 1.82) is 0 Å². The minimum absolute atomic E-state index is 0.193. The molecule has 1 aromatic heterocycles. The number of nitrogens with zero attached hydrogens (tertiary/aromatic N) is 2. The van der Waals surface area contributed by atoms with E-state index in [1.54, 1.807) is 17.6 Å². The molecule has 1 aromatic carbocycles. The predicted octanol–water partition coefficient (Wildman–Crippen LogP) is 0.872. The van der Waals surface area contributed by atoms with E-state index in [0.29, 0.717) is 22.0 Å². The molecule has 0 spiro atoms. The van der Waals surface area contributed by atoms with E-state index < -0.39 is 19.2 Å². The predicted molar refractivity (Wildman–Crippen MR) is 74.8 cm³/mol. The van der Waals surface area contributed by atoms with Gasteiger partial charge in [-0.05, 0) is 35.6 Å². The molecule has 7 nitrogen and oxygen atoms in total. The first-order valence-corrected chi connectivity index (χ1v) is 7.06. The molecular formula is C12H11BN2O5S. The van der Waals surface area contributed by atoms with Gasteiger partial charge in [-0.1, -0.05) is 16.4 Å². The molecule has 1 atom stereocenters. The molecule has 108 valence electrons. The van der Waals surface area contributed by atoms with Crippen LogP contribution in [0.15, 0.2) is 17.6 Å². The van der Waals surface area contributed by atoms with E-state index in [1.165, 1.54) is 11.3 Å². The molecule has 2 aromatic rings. The lowest BCUT2D eigenvalue weighted by Crippen LogP contribution is -2.28. The number of hydrogen-bond acceptors (Lipinski definition) is 7. The highest BCUT2D eigenvalue weighted by atomic mass is 32.1. The van der Waals surface area contributed by atoms with E-state index in [1.807, 2.05) is 6.92 Å². The van der Waals surface area contributed by atoms with Crippen molar-refractivity contribution in [1.82, 2.24) is 10.2 Å². The van der Waals surface area contributed by atoms with Gasteiger partial charge in [0.05, 0.1) is 12.5 Å². The van der Waals surface area contributed by atoms with Gasteiger partial charge in [-0.25, -0.2) is 0 Å². The van der Waals surface area contributed by atoms with Gasteiger partial charge in [0.15, 0.2) is 0 Å². The van der Waals surface area contributed by atoms with Gasteiger partial charge >= 0.3 is 13.1 Å². The first-order valence-electron chi connectivity index (χ1n) is 6.18. The lowest BCUT2D eigenvalue weighted by atomic mass is 9.77. The van der Waals surface area contributed by atoms with Crippen LogP contribution in [-0.4, -0.2) is 33.4 Å². The van der Waals surface area contributed by atoms with E-state index in [9.17, 15) is 9.82 Å². The lowest BCUT2D eigenvalue weighted by molar-refractivity contribution is -0.138. The van der Waals surface area contributed by atoms with Crippen LogP contribution in [-0.2, 0) is 9.45 Å². The SMILES string of the molecule is Cc1cc(Oc2nncs2)cc2c1C(CC(=O)O)OB2O. The summed E-state index contributed by atoms with van der Waals surface area (Å²) in [5.74, 6) is -0.477. The molecule has 21 heavy (non-hydrogen) atoms. The van der Waals surface area contributed by atoms with E-state index >= 15 is 0 Å². The average molecular weight is 306 g/mol. The summed E-state index contributed by atoms with van der Waals surface area (Å²) in [6, 6.07) is 3.40. The first-order chi connectivity index (χ1) is 10.0. The molecule has 2 N–H and O–H groups in total. The Balaban J connectivity index is 1.94. The van der Waals surface area contributed by atoms with Crippen molar-refractivity contribution in [2.24, 2.45) is 0 Å². The van der Waals surface area contributed by atoms with Crippen molar-refractivity contribution in [3.05, 3.63) is 28.8 Å².